The van der Waals surface area contributed by atoms with Crippen LogP contribution in [0.1, 0.15) is 25.0 Å². The van der Waals surface area contributed by atoms with Gasteiger partial charge in [0.15, 0.2) is 0 Å². The van der Waals surface area contributed by atoms with Crippen molar-refractivity contribution in [3.8, 4) is 0 Å². The molecule has 1 aromatic carbocycles. The Labute approximate surface area is 95.8 Å². The molecular weight excluding hydrogens is 212 g/mol. The van der Waals surface area contributed by atoms with Gasteiger partial charge in [-0.3, -0.25) is 0 Å². The Morgan fingerprint density at radius 3 is 2.47 bits per heavy atom. The highest BCUT2D eigenvalue weighted by atomic mass is 35.5. The molecule has 0 fully saturated rings. The van der Waals surface area contributed by atoms with Crippen LogP contribution in [-0.4, -0.2) is 18.8 Å². The summed E-state index contributed by atoms with van der Waals surface area (Å²) in [6, 6.07) is 7.29. The van der Waals surface area contributed by atoms with Gasteiger partial charge in [0, 0.05) is 18.7 Å². The van der Waals surface area contributed by atoms with Crippen LogP contribution in [0.2, 0.25) is 5.02 Å². The van der Waals surface area contributed by atoms with Crippen LogP contribution in [0.5, 0.6) is 0 Å². The normalized spacial score (nSPS) is 14.9. The van der Waals surface area contributed by atoms with Crippen molar-refractivity contribution < 1.29 is 9.84 Å². The molecule has 1 aromatic rings. The Morgan fingerprint density at radius 1 is 1.33 bits per heavy atom. The minimum Gasteiger partial charge on any atom is -0.388 e. The first-order valence-electron chi connectivity index (χ1n) is 5.06. The largest absolute Gasteiger partial charge is 0.388 e. The van der Waals surface area contributed by atoms with Crippen molar-refractivity contribution in [1.29, 1.82) is 0 Å². The summed E-state index contributed by atoms with van der Waals surface area (Å²) in [5.74, 6) is 0.348. The molecule has 15 heavy (non-hydrogen) atoms. The maximum Gasteiger partial charge on any atom is 0.0793 e. The Hall–Kier alpha value is -0.570. The molecule has 1 rings (SSSR count). The summed E-state index contributed by atoms with van der Waals surface area (Å²) in [7, 11) is 1.67. The number of rotatable bonds is 5. The molecule has 0 spiro atoms. The minimum atomic E-state index is -0.438. The van der Waals surface area contributed by atoms with Gasteiger partial charge in [0.05, 0.1) is 6.10 Å². The van der Waals surface area contributed by atoms with Crippen LogP contribution in [0.25, 0.3) is 0 Å². The Bertz CT molecular complexity index is 284. The summed E-state index contributed by atoms with van der Waals surface area (Å²) in [6.45, 7) is 2.73. The standard InChI is InChI=1S/C12H17ClO2/c1-9(8-15-2)7-12(14)10-3-5-11(13)6-4-10/h3-6,9,12,14H,7-8H2,1-2H3. The molecule has 3 heteroatoms. The molecule has 0 aliphatic carbocycles. The van der Waals surface area contributed by atoms with Crippen LogP contribution < -0.4 is 0 Å². The third-order valence-electron chi connectivity index (χ3n) is 2.33. The predicted molar refractivity (Wildman–Crippen MR) is 62.1 cm³/mol. The highest BCUT2D eigenvalue weighted by Gasteiger charge is 2.12. The minimum absolute atomic E-state index is 0.348. The van der Waals surface area contributed by atoms with Gasteiger partial charge < -0.3 is 9.84 Å². The summed E-state index contributed by atoms with van der Waals surface area (Å²) in [5, 5.41) is 10.6. The summed E-state index contributed by atoms with van der Waals surface area (Å²) < 4.78 is 5.03. The average molecular weight is 229 g/mol. The number of hydrogen-bond acceptors (Lipinski definition) is 2. The Balaban J connectivity index is 2.53. The summed E-state index contributed by atoms with van der Waals surface area (Å²) in [6.07, 6.45) is 0.266. The zero-order valence-electron chi connectivity index (χ0n) is 9.11. The molecular formula is C12H17ClO2. The summed E-state index contributed by atoms with van der Waals surface area (Å²) >= 11 is 5.77. The lowest BCUT2D eigenvalue weighted by molar-refractivity contribution is 0.102. The average Bonchev–Trinajstić information content (AvgIpc) is 2.18. The second-order valence-electron chi connectivity index (χ2n) is 3.86. The van der Waals surface area contributed by atoms with Crippen LogP contribution in [0.4, 0.5) is 0 Å². The van der Waals surface area contributed by atoms with Crippen LogP contribution in [0.15, 0.2) is 24.3 Å². The number of aliphatic hydroxyl groups is 1. The number of ether oxygens (including phenoxy) is 1. The first kappa shape index (κ1) is 12.5. The Morgan fingerprint density at radius 2 is 1.93 bits per heavy atom. The van der Waals surface area contributed by atoms with Crippen molar-refractivity contribution in [1.82, 2.24) is 0 Å². The number of methoxy groups -OCH3 is 1. The smallest absolute Gasteiger partial charge is 0.0793 e. The topological polar surface area (TPSA) is 29.5 Å². The fraction of sp³-hybridized carbons (Fsp3) is 0.500. The van der Waals surface area contributed by atoms with E-state index in [9.17, 15) is 5.11 Å². The fourth-order valence-electron chi connectivity index (χ4n) is 1.55. The Kier molecular flexibility index (Phi) is 5.09. The second-order valence-corrected chi connectivity index (χ2v) is 4.30. The molecule has 0 saturated heterocycles. The van der Waals surface area contributed by atoms with E-state index in [1.165, 1.54) is 0 Å². The van der Waals surface area contributed by atoms with E-state index in [-0.39, 0.29) is 0 Å². The van der Waals surface area contributed by atoms with E-state index in [2.05, 4.69) is 6.92 Å². The van der Waals surface area contributed by atoms with Gasteiger partial charge in [-0.2, -0.15) is 0 Å². The molecule has 2 nitrogen and oxygen atoms in total. The first-order chi connectivity index (χ1) is 7.13. The van der Waals surface area contributed by atoms with E-state index >= 15 is 0 Å². The van der Waals surface area contributed by atoms with Crippen molar-refractivity contribution in [2.24, 2.45) is 5.92 Å². The van der Waals surface area contributed by atoms with Crippen LogP contribution in [0, 0.1) is 5.92 Å². The molecule has 0 amide bonds. The van der Waals surface area contributed by atoms with E-state index < -0.39 is 6.10 Å². The van der Waals surface area contributed by atoms with Crippen molar-refractivity contribution >= 4 is 11.6 Å². The molecule has 2 unspecified atom stereocenters. The highest BCUT2D eigenvalue weighted by Crippen LogP contribution is 2.22. The van der Waals surface area contributed by atoms with Crippen LogP contribution in [0.3, 0.4) is 0 Å². The van der Waals surface area contributed by atoms with Gasteiger partial charge in [0.1, 0.15) is 0 Å². The van der Waals surface area contributed by atoms with Gasteiger partial charge in [0.25, 0.3) is 0 Å². The van der Waals surface area contributed by atoms with E-state index in [1.54, 1.807) is 19.2 Å². The number of benzene rings is 1. The van der Waals surface area contributed by atoms with Gasteiger partial charge in [-0.1, -0.05) is 30.7 Å². The van der Waals surface area contributed by atoms with E-state index in [0.29, 0.717) is 24.0 Å². The zero-order chi connectivity index (χ0) is 11.3. The maximum absolute atomic E-state index is 9.91. The third kappa shape index (κ3) is 4.20. The molecule has 2 atom stereocenters. The third-order valence-corrected chi connectivity index (χ3v) is 2.58. The van der Waals surface area contributed by atoms with Crippen molar-refractivity contribution in [2.75, 3.05) is 13.7 Å². The van der Waals surface area contributed by atoms with E-state index in [0.717, 1.165) is 5.56 Å². The second kappa shape index (κ2) is 6.11. The SMILES string of the molecule is COCC(C)CC(O)c1ccc(Cl)cc1. The maximum atomic E-state index is 9.91. The summed E-state index contributed by atoms with van der Waals surface area (Å²) in [5.41, 5.74) is 0.905. The number of aliphatic hydroxyl groups excluding tert-OH is 1. The van der Waals surface area contributed by atoms with Crippen molar-refractivity contribution in [3.63, 3.8) is 0 Å². The molecule has 0 aliphatic heterocycles. The highest BCUT2D eigenvalue weighted by molar-refractivity contribution is 6.30. The van der Waals surface area contributed by atoms with Gasteiger partial charge in [-0.25, -0.2) is 0 Å². The summed E-state index contributed by atoms with van der Waals surface area (Å²) in [4.78, 5) is 0. The van der Waals surface area contributed by atoms with Gasteiger partial charge in [0.2, 0.25) is 0 Å². The van der Waals surface area contributed by atoms with Crippen LogP contribution >= 0.6 is 11.6 Å². The fourth-order valence-corrected chi connectivity index (χ4v) is 1.68. The molecule has 84 valence electrons. The molecule has 0 aliphatic rings. The van der Waals surface area contributed by atoms with Crippen LogP contribution in [-0.2, 0) is 4.74 Å². The molecule has 0 aromatic heterocycles. The lowest BCUT2D eigenvalue weighted by Crippen LogP contribution is -2.09. The molecule has 0 radical (unpaired) electrons. The van der Waals surface area contributed by atoms with Gasteiger partial charge >= 0.3 is 0 Å². The van der Waals surface area contributed by atoms with E-state index in [1.807, 2.05) is 12.1 Å². The van der Waals surface area contributed by atoms with Crippen molar-refractivity contribution in [2.45, 2.75) is 19.4 Å². The van der Waals surface area contributed by atoms with Crippen molar-refractivity contribution in [3.05, 3.63) is 34.9 Å². The van der Waals surface area contributed by atoms with Gasteiger partial charge in [-0.15, -0.1) is 0 Å². The lowest BCUT2D eigenvalue weighted by atomic mass is 9.99. The van der Waals surface area contributed by atoms with Gasteiger partial charge in [-0.05, 0) is 30.0 Å². The molecule has 1 N–H and O–H groups in total. The molecule has 0 heterocycles. The molecule has 0 bridgehead atoms. The van der Waals surface area contributed by atoms with E-state index in [4.69, 9.17) is 16.3 Å². The lowest BCUT2D eigenvalue weighted by Gasteiger charge is -2.16. The number of hydrogen-bond donors (Lipinski definition) is 1. The number of halogens is 1. The predicted octanol–water partition coefficient (Wildman–Crippen LogP) is 3.05. The first-order valence-corrected chi connectivity index (χ1v) is 5.43. The monoisotopic (exact) mass is 228 g/mol. The quantitative estimate of drug-likeness (QED) is 0.840. The zero-order valence-corrected chi connectivity index (χ0v) is 9.87. The molecule has 0 saturated carbocycles.